The Kier molecular flexibility index (Phi) is 5.83. The van der Waals surface area contributed by atoms with Gasteiger partial charge in [-0.05, 0) is 150 Å². The summed E-state index contributed by atoms with van der Waals surface area (Å²) in [6.45, 7) is 4.94. The van der Waals surface area contributed by atoms with Gasteiger partial charge >= 0.3 is 0 Å². The number of para-hydroxylation sites is 4. The smallest absolute Gasteiger partial charge is 0.248 e. The van der Waals surface area contributed by atoms with Gasteiger partial charge in [-0.2, -0.15) is 0 Å². The van der Waals surface area contributed by atoms with E-state index in [4.69, 9.17) is 0 Å². The van der Waals surface area contributed by atoms with Gasteiger partial charge < -0.3 is 9.80 Å². The highest BCUT2D eigenvalue weighted by atomic mass is 15.2. The van der Waals surface area contributed by atoms with E-state index in [1.165, 1.54) is 133 Å². The molecule has 4 aliphatic heterocycles. The standard InChI is InChI=1S/C54H34B2N2/c1-31-27-39-35-19-13-25-47-53(35)56(42-22-10-12-24-46(42)57(47)33-15-5-3-6-16-33)44-30-38-32(2)28-40-36-20-14-26-48-54(36)55(43-29-37(31)51(49(39)44)52(38)50(40)43)41-21-9-11-23-45(41)58(48)34-17-7-4-8-18-34/h3-30H,1-2H3. The molecule has 58 heavy (non-hydrogen) atoms. The summed E-state index contributed by atoms with van der Waals surface area (Å²) in [4.78, 5) is 4.98. The monoisotopic (exact) mass is 732 g/mol. The number of hydrogen-bond donors (Lipinski definition) is 0. The van der Waals surface area contributed by atoms with Crippen molar-refractivity contribution in [1.29, 1.82) is 0 Å². The second kappa shape index (κ2) is 10.9. The Hall–Kier alpha value is -7.03. The van der Waals surface area contributed by atoms with Crippen molar-refractivity contribution in [2.45, 2.75) is 13.8 Å². The lowest BCUT2D eigenvalue weighted by molar-refractivity contribution is 1.29. The number of nitrogens with zero attached hydrogens (tertiary/aromatic N) is 2. The minimum atomic E-state index is 0.119. The van der Waals surface area contributed by atoms with Gasteiger partial charge in [0.15, 0.2) is 0 Å². The Morgan fingerprint density at radius 3 is 1.17 bits per heavy atom. The summed E-state index contributed by atoms with van der Waals surface area (Å²) < 4.78 is 0. The van der Waals surface area contributed by atoms with Gasteiger partial charge in [0.05, 0.1) is 0 Å². The first-order chi connectivity index (χ1) is 28.7. The molecule has 0 aliphatic carbocycles. The first-order valence-corrected chi connectivity index (χ1v) is 20.6. The van der Waals surface area contributed by atoms with Gasteiger partial charge in [0, 0.05) is 34.1 Å². The highest BCUT2D eigenvalue weighted by Crippen LogP contribution is 2.49. The summed E-state index contributed by atoms with van der Waals surface area (Å²) in [5.41, 5.74) is 24.0. The van der Waals surface area contributed by atoms with Crippen LogP contribution in [0.2, 0.25) is 0 Å². The molecule has 266 valence electrons. The molecule has 0 spiro atoms. The maximum absolute atomic E-state index is 2.61. The van der Waals surface area contributed by atoms with Crippen molar-refractivity contribution in [2.75, 3.05) is 9.80 Å². The molecule has 0 amide bonds. The summed E-state index contributed by atoms with van der Waals surface area (Å²) in [5, 5.41) is 8.46. The Morgan fingerprint density at radius 1 is 0.328 bits per heavy atom. The lowest BCUT2D eigenvalue weighted by Gasteiger charge is -2.42. The normalized spacial score (nSPS) is 13.9. The second-order valence-corrected chi connectivity index (χ2v) is 16.8. The van der Waals surface area contributed by atoms with Crippen LogP contribution in [0, 0.1) is 13.8 Å². The van der Waals surface area contributed by atoms with Gasteiger partial charge in [-0.1, -0.05) is 132 Å². The van der Waals surface area contributed by atoms with E-state index in [0.29, 0.717) is 0 Å². The van der Waals surface area contributed by atoms with Gasteiger partial charge in [-0.3, -0.25) is 0 Å². The van der Waals surface area contributed by atoms with Crippen LogP contribution in [0.1, 0.15) is 11.1 Å². The molecule has 0 saturated carbocycles. The third-order valence-electron chi connectivity index (χ3n) is 14.0. The Labute approximate surface area is 338 Å². The molecule has 2 nitrogen and oxygen atoms in total. The van der Waals surface area contributed by atoms with Crippen LogP contribution < -0.4 is 42.6 Å². The van der Waals surface area contributed by atoms with Crippen molar-refractivity contribution < 1.29 is 0 Å². The van der Waals surface area contributed by atoms with Crippen LogP contribution in [0.3, 0.4) is 0 Å². The highest BCUT2D eigenvalue weighted by Gasteiger charge is 2.44. The minimum Gasteiger partial charge on any atom is -0.312 e. The van der Waals surface area contributed by atoms with E-state index >= 15 is 0 Å². The molecular formula is C54H34B2N2. The molecule has 0 N–H and O–H groups in total. The molecular weight excluding hydrogens is 698 g/mol. The zero-order chi connectivity index (χ0) is 38.0. The topological polar surface area (TPSA) is 6.48 Å². The molecule has 10 aromatic rings. The molecule has 0 unspecified atom stereocenters. The highest BCUT2D eigenvalue weighted by molar-refractivity contribution is 7.02. The van der Waals surface area contributed by atoms with Gasteiger partial charge in [0.2, 0.25) is 13.4 Å². The number of anilines is 6. The van der Waals surface area contributed by atoms with Crippen LogP contribution in [0.15, 0.2) is 170 Å². The molecule has 14 rings (SSSR count). The summed E-state index contributed by atoms with van der Waals surface area (Å²) in [5.74, 6) is 0. The molecule has 0 saturated heterocycles. The SMILES string of the molecule is Cc1cc2c3c(cc4c(C)cc5c6c(cc1c3c46)B1c3ccccc3N(c3ccccc3)c3cccc-5c31)B1c3ccccc3N(c3ccccc3)c3cccc-2c31. The first-order valence-electron chi connectivity index (χ1n) is 20.6. The van der Waals surface area contributed by atoms with Crippen LogP contribution in [0.4, 0.5) is 34.1 Å². The minimum absolute atomic E-state index is 0.119. The van der Waals surface area contributed by atoms with Crippen molar-refractivity contribution in [1.82, 2.24) is 0 Å². The fraction of sp³-hybridized carbons (Fsp3) is 0.0370. The van der Waals surface area contributed by atoms with Crippen LogP contribution in [-0.4, -0.2) is 13.4 Å². The molecule has 4 aliphatic rings. The van der Waals surface area contributed by atoms with Crippen LogP contribution in [0.5, 0.6) is 0 Å². The van der Waals surface area contributed by atoms with Gasteiger partial charge in [0.1, 0.15) is 0 Å². The summed E-state index contributed by atoms with van der Waals surface area (Å²) in [7, 11) is 0. The molecule has 0 radical (unpaired) electrons. The summed E-state index contributed by atoms with van der Waals surface area (Å²) >= 11 is 0. The van der Waals surface area contributed by atoms with E-state index < -0.39 is 0 Å². The van der Waals surface area contributed by atoms with Crippen molar-refractivity contribution in [3.05, 3.63) is 181 Å². The molecule has 4 heterocycles. The molecule has 0 aromatic heterocycles. The summed E-state index contributed by atoms with van der Waals surface area (Å²) in [6, 6.07) is 64.3. The lowest BCUT2D eigenvalue weighted by atomic mass is 9.31. The fourth-order valence-corrected chi connectivity index (χ4v) is 11.9. The molecule has 0 fully saturated rings. The number of hydrogen-bond acceptors (Lipinski definition) is 2. The van der Waals surface area contributed by atoms with E-state index in [1.54, 1.807) is 0 Å². The van der Waals surface area contributed by atoms with Crippen molar-refractivity contribution in [2.24, 2.45) is 0 Å². The molecule has 10 aromatic carbocycles. The quantitative estimate of drug-likeness (QED) is 0.129. The van der Waals surface area contributed by atoms with Crippen LogP contribution in [-0.2, 0) is 0 Å². The first kappa shape index (κ1) is 31.1. The van der Waals surface area contributed by atoms with Gasteiger partial charge in [0.25, 0.3) is 0 Å². The van der Waals surface area contributed by atoms with E-state index in [9.17, 15) is 0 Å². The van der Waals surface area contributed by atoms with Crippen molar-refractivity contribution >= 4 is 113 Å². The fourth-order valence-electron chi connectivity index (χ4n) is 11.9. The number of benzene rings is 10. The van der Waals surface area contributed by atoms with Crippen LogP contribution in [0.25, 0.3) is 54.6 Å². The van der Waals surface area contributed by atoms with Crippen molar-refractivity contribution in [3.8, 4) is 22.3 Å². The Bertz CT molecular complexity index is 3220. The molecule has 4 heteroatoms. The second-order valence-electron chi connectivity index (χ2n) is 16.8. The van der Waals surface area contributed by atoms with E-state index in [1.807, 2.05) is 0 Å². The van der Waals surface area contributed by atoms with Crippen LogP contribution >= 0.6 is 0 Å². The van der Waals surface area contributed by atoms with Gasteiger partial charge in [-0.25, -0.2) is 0 Å². The lowest BCUT2D eigenvalue weighted by Crippen LogP contribution is -2.60. The number of aryl methyl sites for hydroxylation is 2. The molecule has 0 atom stereocenters. The van der Waals surface area contributed by atoms with E-state index in [0.717, 1.165) is 0 Å². The Morgan fingerprint density at radius 2 is 0.724 bits per heavy atom. The average Bonchev–Trinajstić information content (AvgIpc) is 3.27. The van der Waals surface area contributed by atoms with E-state index in [-0.39, 0.29) is 13.4 Å². The largest absolute Gasteiger partial charge is 0.312 e. The average molecular weight is 733 g/mol. The van der Waals surface area contributed by atoms with E-state index in [2.05, 4.69) is 194 Å². The molecule has 0 bridgehead atoms. The zero-order valence-electron chi connectivity index (χ0n) is 32.2. The maximum atomic E-state index is 2.61. The third-order valence-corrected chi connectivity index (χ3v) is 14.0. The predicted molar refractivity (Wildman–Crippen MR) is 249 cm³/mol. The van der Waals surface area contributed by atoms with Crippen molar-refractivity contribution in [3.63, 3.8) is 0 Å². The maximum Gasteiger partial charge on any atom is 0.248 e. The number of fused-ring (bicyclic) bond motifs is 8. The number of rotatable bonds is 2. The third kappa shape index (κ3) is 3.68. The summed E-state index contributed by atoms with van der Waals surface area (Å²) in [6.07, 6.45) is 0. The zero-order valence-corrected chi connectivity index (χ0v) is 32.2. The Balaban J connectivity index is 1.12. The predicted octanol–water partition coefficient (Wildman–Crippen LogP) is 9.76. The van der Waals surface area contributed by atoms with Gasteiger partial charge in [-0.15, -0.1) is 0 Å².